The van der Waals surface area contributed by atoms with Crippen molar-refractivity contribution in [3.8, 4) is 0 Å². The van der Waals surface area contributed by atoms with Gasteiger partial charge in [0.25, 0.3) is 0 Å². The maximum Gasteiger partial charge on any atom is 0.108 e. The van der Waals surface area contributed by atoms with Crippen molar-refractivity contribution in [2.75, 3.05) is 0 Å². The molecule has 0 radical (unpaired) electrons. The Balaban J connectivity index is 2.10. The average Bonchev–Trinajstić information content (AvgIpc) is 3.36. The van der Waals surface area contributed by atoms with Gasteiger partial charge in [0.05, 0.1) is 21.3 Å². The zero-order chi connectivity index (χ0) is 16.3. The monoisotopic (exact) mass is 356 g/mol. The van der Waals surface area contributed by atoms with Crippen LogP contribution in [-0.4, -0.2) is 8.97 Å². The van der Waals surface area contributed by atoms with Gasteiger partial charge in [-0.3, -0.25) is 4.40 Å². The fraction of sp³-hybridized carbons (Fsp3) is 0.0476. The van der Waals surface area contributed by atoms with Crippen molar-refractivity contribution in [2.24, 2.45) is 7.05 Å². The summed E-state index contributed by atoms with van der Waals surface area (Å²) in [7, 11) is 2.19. The lowest BCUT2D eigenvalue weighted by Gasteiger charge is -2.01. The Bertz CT molecular complexity index is 1600. The van der Waals surface area contributed by atoms with Crippen LogP contribution in [0.3, 0.4) is 0 Å². The Morgan fingerprint density at radius 1 is 0.720 bits per heavy atom. The van der Waals surface area contributed by atoms with E-state index in [1.54, 1.807) is 0 Å². The molecule has 0 saturated heterocycles. The van der Waals surface area contributed by atoms with Gasteiger partial charge in [-0.05, 0) is 46.5 Å². The van der Waals surface area contributed by atoms with Crippen LogP contribution in [0.2, 0.25) is 0 Å². The standard InChI is InChI=1S/C21H12N2S2/c1-22-14-4-2-3-11-12-7-9-25-21(12)23-16-8-10-24-20(16)13-5-6-15(22)18(17(11)14)19(13)23/h2-10H,1H3. The maximum atomic E-state index is 2.50. The second kappa shape index (κ2) is 3.98. The molecule has 0 saturated carbocycles. The van der Waals surface area contributed by atoms with E-state index in [2.05, 4.69) is 69.2 Å². The van der Waals surface area contributed by atoms with Gasteiger partial charge in [0.15, 0.2) is 0 Å². The maximum absolute atomic E-state index is 2.50. The van der Waals surface area contributed by atoms with Gasteiger partial charge in [-0.25, -0.2) is 0 Å². The van der Waals surface area contributed by atoms with Crippen LogP contribution in [0.25, 0.3) is 58.5 Å². The highest BCUT2D eigenvalue weighted by atomic mass is 32.1. The molecule has 0 N–H and O–H groups in total. The molecule has 4 heteroatoms. The number of benzene rings is 2. The fourth-order valence-electron chi connectivity index (χ4n) is 4.65. The highest BCUT2D eigenvalue weighted by Gasteiger charge is 2.21. The van der Waals surface area contributed by atoms with Crippen molar-refractivity contribution in [2.45, 2.75) is 0 Å². The highest BCUT2D eigenvalue weighted by molar-refractivity contribution is 7.18. The van der Waals surface area contributed by atoms with Crippen LogP contribution < -0.4 is 0 Å². The third kappa shape index (κ3) is 1.25. The van der Waals surface area contributed by atoms with Gasteiger partial charge in [0, 0.05) is 34.1 Å². The summed E-state index contributed by atoms with van der Waals surface area (Å²) in [6, 6.07) is 15.9. The Morgan fingerprint density at radius 3 is 2.56 bits per heavy atom. The second-order valence-electron chi connectivity index (χ2n) is 6.72. The van der Waals surface area contributed by atoms with E-state index in [0.29, 0.717) is 0 Å². The van der Waals surface area contributed by atoms with Crippen molar-refractivity contribution in [1.82, 2.24) is 8.97 Å². The predicted octanol–water partition coefficient (Wildman–Crippen LogP) is 6.60. The van der Waals surface area contributed by atoms with Crippen molar-refractivity contribution in [3.05, 3.63) is 53.2 Å². The molecule has 2 aromatic carbocycles. The SMILES string of the molecule is Cn1c2cccc3c4ccsc4n4c5ccsc5c5ccc1c(c32)c54. The summed E-state index contributed by atoms with van der Waals surface area (Å²) < 4.78 is 6.24. The Morgan fingerprint density at radius 2 is 1.60 bits per heavy atom. The number of aryl methyl sites for hydroxylation is 1. The van der Waals surface area contributed by atoms with Crippen LogP contribution >= 0.6 is 22.7 Å². The minimum atomic E-state index is 1.31. The molecule has 5 aromatic heterocycles. The molecule has 0 spiro atoms. The summed E-state index contributed by atoms with van der Waals surface area (Å²) in [5, 5.41) is 11.3. The van der Waals surface area contributed by atoms with E-state index in [0.717, 1.165) is 0 Å². The molecule has 0 unspecified atom stereocenters. The lowest BCUT2D eigenvalue weighted by Crippen LogP contribution is -1.87. The first-order valence-electron chi connectivity index (χ1n) is 8.34. The first-order valence-corrected chi connectivity index (χ1v) is 10.1. The lowest BCUT2D eigenvalue weighted by molar-refractivity contribution is 1.01. The topological polar surface area (TPSA) is 9.34 Å². The van der Waals surface area contributed by atoms with Gasteiger partial charge in [0.2, 0.25) is 0 Å². The molecule has 2 nitrogen and oxygen atoms in total. The van der Waals surface area contributed by atoms with Gasteiger partial charge >= 0.3 is 0 Å². The average molecular weight is 356 g/mol. The van der Waals surface area contributed by atoms with E-state index in [-0.39, 0.29) is 0 Å². The number of rotatable bonds is 0. The Hall–Kier alpha value is -2.56. The molecule has 5 heterocycles. The molecular formula is C21H12N2S2. The first-order chi connectivity index (χ1) is 12.3. The molecule has 7 aromatic rings. The summed E-state index contributed by atoms with van der Waals surface area (Å²) in [4.78, 5) is 1.34. The molecule has 0 amide bonds. The molecular weight excluding hydrogens is 344 g/mol. The molecule has 118 valence electrons. The van der Waals surface area contributed by atoms with E-state index < -0.39 is 0 Å². The minimum Gasteiger partial charge on any atom is -0.344 e. The number of hydrogen-bond acceptors (Lipinski definition) is 2. The lowest BCUT2D eigenvalue weighted by atomic mass is 10.1. The molecule has 0 aliphatic carbocycles. The second-order valence-corrected chi connectivity index (χ2v) is 8.54. The third-order valence-electron chi connectivity index (χ3n) is 5.66. The number of aromatic nitrogens is 2. The normalized spacial score (nSPS) is 13.0. The summed E-state index contributed by atoms with van der Waals surface area (Å²) >= 11 is 3.69. The van der Waals surface area contributed by atoms with Crippen LogP contribution in [0.4, 0.5) is 0 Å². The molecule has 0 bridgehead atoms. The van der Waals surface area contributed by atoms with Crippen LogP contribution in [0.1, 0.15) is 0 Å². The zero-order valence-corrected chi connectivity index (χ0v) is 15.0. The number of hydrogen-bond donors (Lipinski definition) is 0. The van der Waals surface area contributed by atoms with Crippen LogP contribution in [0.15, 0.2) is 53.2 Å². The summed E-state index contributed by atoms with van der Waals surface area (Å²) in [5.74, 6) is 0. The van der Waals surface area contributed by atoms with Crippen molar-refractivity contribution < 1.29 is 0 Å². The summed E-state index contributed by atoms with van der Waals surface area (Å²) in [6.07, 6.45) is 0. The van der Waals surface area contributed by atoms with Crippen LogP contribution in [-0.2, 0) is 7.05 Å². The van der Waals surface area contributed by atoms with Crippen molar-refractivity contribution in [3.63, 3.8) is 0 Å². The molecule has 0 atom stereocenters. The summed E-state index contributed by atoms with van der Waals surface area (Å²) in [5.41, 5.74) is 5.34. The number of fused-ring (bicyclic) bond motifs is 6. The van der Waals surface area contributed by atoms with E-state index in [1.165, 1.54) is 58.5 Å². The smallest absolute Gasteiger partial charge is 0.108 e. The quantitative estimate of drug-likeness (QED) is 0.289. The van der Waals surface area contributed by atoms with E-state index >= 15 is 0 Å². The molecule has 25 heavy (non-hydrogen) atoms. The van der Waals surface area contributed by atoms with E-state index in [4.69, 9.17) is 0 Å². The number of nitrogens with zero attached hydrogens (tertiary/aromatic N) is 2. The van der Waals surface area contributed by atoms with E-state index in [9.17, 15) is 0 Å². The van der Waals surface area contributed by atoms with E-state index in [1.807, 2.05) is 22.7 Å². The van der Waals surface area contributed by atoms with Crippen LogP contribution in [0, 0.1) is 0 Å². The van der Waals surface area contributed by atoms with Crippen LogP contribution in [0.5, 0.6) is 0 Å². The Labute approximate surface area is 150 Å². The van der Waals surface area contributed by atoms with Gasteiger partial charge < -0.3 is 4.57 Å². The predicted molar refractivity (Wildman–Crippen MR) is 111 cm³/mol. The molecule has 0 aliphatic heterocycles. The zero-order valence-electron chi connectivity index (χ0n) is 13.4. The van der Waals surface area contributed by atoms with Gasteiger partial charge in [-0.2, -0.15) is 0 Å². The highest BCUT2D eigenvalue weighted by Crippen LogP contribution is 2.45. The van der Waals surface area contributed by atoms with Gasteiger partial charge in [-0.1, -0.05) is 12.1 Å². The van der Waals surface area contributed by atoms with Crippen molar-refractivity contribution >= 4 is 81.2 Å². The largest absolute Gasteiger partial charge is 0.344 e. The Kier molecular flexibility index (Phi) is 2.03. The van der Waals surface area contributed by atoms with Gasteiger partial charge in [-0.15, -0.1) is 22.7 Å². The van der Waals surface area contributed by atoms with Gasteiger partial charge in [0.1, 0.15) is 4.83 Å². The first kappa shape index (κ1) is 12.8. The minimum absolute atomic E-state index is 1.31. The molecule has 0 aliphatic rings. The number of thiophene rings is 2. The van der Waals surface area contributed by atoms with Crippen molar-refractivity contribution in [1.29, 1.82) is 0 Å². The molecule has 7 rings (SSSR count). The fourth-order valence-corrected chi connectivity index (χ4v) is 6.49. The molecule has 0 fully saturated rings. The third-order valence-corrected chi connectivity index (χ3v) is 7.50. The summed E-state index contributed by atoms with van der Waals surface area (Å²) in [6.45, 7) is 0.